The van der Waals surface area contributed by atoms with Gasteiger partial charge in [-0.05, 0) is 36.8 Å². The maximum atomic E-state index is 11.6. The highest BCUT2D eigenvalue weighted by Crippen LogP contribution is 2.14. The van der Waals surface area contributed by atoms with Gasteiger partial charge in [0, 0.05) is 10.7 Å². The highest BCUT2D eigenvalue weighted by Gasteiger charge is 2.24. The summed E-state index contributed by atoms with van der Waals surface area (Å²) >= 11 is 5.72. The van der Waals surface area contributed by atoms with Crippen LogP contribution < -0.4 is 5.32 Å². The summed E-state index contributed by atoms with van der Waals surface area (Å²) in [5.41, 5.74) is 0.873. The molecule has 0 spiro atoms. The van der Waals surface area contributed by atoms with Crippen molar-refractivity contribution in [2.45, 2.75) is 13.0 Å². The van der Waals surface area contributed by atoms with E-state index >= 15 is 0 Å². The van der Waals surface area contributed by atoms with Gasteiger partial charge in [-0.3, -0.25) is 5.32 Å². The van der Waals surface area contributed by atoms with Gasteiger partial charge >= 0.3 is 12.1 Å². The first kappa shape index (κ1) is 15.0. The number of hydrogen-bond acceptors (Lipinski definition) is 4. The minimum Gasteiger partial charge on any atom is -0.466 e. The first-order valence-corrected chi connectivity index (χ1v) is 5.78. The van der Waals surface area contributed by atoms with Gasteiger partial charge in [0.1, 0.15) is 0 Å². The molecule has 1 atom stereocenters. The van der Waals surface area contributed by atoms with Crippen LogP contribution in [0, 0.1) is 0 Å². The Morgan fingerprint density at radius 3 is 2.37 bits per heavy atom. The molecule has 1 rings (SSSR count). The zero-order valence-corrected chi connectivity index (χ0v) is 11.4. The Bertz CT molecular complexity index is 484. The highest BCUT2D eigenvalue weighted by atomic mass is 35.5. The van der Waals surface area contributed by atoms with Crippen molar-refractivity contribution in [3.05, 3.63) is 41.4 Å². The van der Waals surface area contributed by atoms with E-state index in [1.54, 1.807) is 31.2 Å². The third kappa shape index (κ3) is 4.63. The molecule has 6 heteroatoms. The van der Waals surface area contributed by atoms with E-state index in [9.17, 15) is 9.59 Å². The van der Waals surface area contributed by atoms with Crippen molar-refractivity contribution < 1.29 is 19.1 Å². The molecule has 0 saturated carbocycles. The quantitative estimate of drug-likeness (QED) is 0.681. The minimum atomic E-state index is -1.13. The first-order chi connectivity index (χ1) is 8.93. The van der Waals surface area contributed by atoms with Crippen LogP contribution in [0.5, 0.6) is 0 Å². The second-order valence-corrected chi connectivity index (χ2v) is 4.22. The molecule has 1 aromatic carbocycles. The van der Waals surface area contributed by atoms with Crippen molar-refractivity contribution in [3.8, 4) is 0 Å². The van der Waals surface area contributed by atoms with E-state index < -0.39 is 18.2 Å². The summed E-state index contributed by atoms with van der Waals surface area (Å²) in [5.74, 6) is -0.682. The van der Waals surface area contributed by atoms with Crippen LogP contribution in [-0.4, -0.2) is 25.3 Å². The summed E-state index contributed by atoms with van der Waals surface area (Å²) in [7, 11) is 1.21. The van der Waals surface area contributed by atoms with E-state index in [2.05, 4.69) is 16.6 Å². The summed E-state index contributed by atoms with van der Waals surface area (Å²) in [6, 6.07) is 6.45. The Morgan fingerprint density at radius 2 is 1.89 bits per heavy atom. The lowest BCUT2D eigenvalue weighted by Gasteiger charge is -2.15. The normalized spacial score (nSPS) is 11.3. The summed E-state index contributed by atoms with van der Waals surface area (Å²) < 4.78 is 9.46. The van der Waals surface area contributed by atoms with Crippen LogP contribution in [0.15, 0.2) is 36.4 Å². The first-order valence-electron chi connectivity index (χ1n) is 5.40. The van der Waals surface area contributed by atoms with Gasteiger partial charge in [-0.2, -0.15) is 0 Å². The van der Waals surface area contributed by atoms with Crippen molar-refractivity contribution in [2.24, 2.45) is 0 Å². The summed E-state index contributed by atoms with van der Waals surface area (Å²) in [6.07, 6.45) is -1.90. The van der Waals surface area contributed by atoms with Crippen LogP contribution in [0.3, 0.4) is 0 Å². The standard InChI is InChI=1S/C13H14ClNO4/c1-8(2)11(12(16)18-3)19-13(17)15-10-6-4-9(14)5-7-10/h4-7,11H,1H2,2-3H3,(H,15,17). The molecule has 0 radical (unpaired) electrons. The monoisotopic (exact) mass is 283 g/mol. The summed E-state index contributed by atoms with van der Waals surface area (Å²) in [6.45, 7) is 5.14. The number of carbonyl (C=O) groups excluding carboxylic acids is 2. The number of rotatable bonds is 4. The molecular weight excluding hydrogens is 270 g/mol. The number of esters is 1. The number of nitrogens with one attached hydrogen (secondary N) is 1. The van der Waals surface area contributed by atoms with E-state index in [1.165, 1.54) is 7.11 Å². The molecule has 1 amide bonds. The zero-order valence-electron chi connectivity index (χ0n) is 10.6. The smallest absolute Gasteiger partial charge is 0.412 e. The molecule has 5 nitrogen and oxygen atoms in total. The minimum absolute atomic E-state index is 0.373. The number of hydrogen-bond donors (Lipinski definition) is 1. The van der Waals surface area contributed by atoms with Gasteiger partial charge in [0.15, 0.2) is 0 Å². The predicted octanol–water partition coefficient (Wildman–Crippen LogP) is 3.01. The topological polar surface area (TPSA) is 64.6 Å². The largest absolute Gasteiger partial charge is 0.466 e. The van der Waals surface area contributed by atoms with Crippen LogP contribution in [0.25, 0.3) is 0 Å². The zero-order chi connectivity index (χ0) is 14.4. The molecule has 0 fully saturated rings. The van der Waals surface area contributed by atoms with Crippen molar-refractivity contribution >= 4 is 29.4 Å². The molecule has 0 bridgehead atoms. The van der Waals surface area contributed by atoms with Gasteiger partial charge in [0.05, 0.1) is 7.11 Å². The number of carbonyl (C=O) groups is 2. The molecule has 102 valence electrons. The number of ether oxygens (including phenoxy) is 2. The third-order valence-corrected chi connectivity index (χ3v) is 2.43. The average molecular weight is 284 g/mol. The number of anilines is 1. The molecule has 0 heterocycles. The lowest BCUT2D eigenvalue weighted by atomic mass is 10.2. The fourth-order valence-electron chi connectivity index (χ4n) is 1.24. The Balaban J connectivity index is 2.65. The second-order valence-electron chi connectivity index (χ2n) is 3.79. The molecule has 0 saturated heterocycles. The Morgan fingerprint density at radius 1 is 1.32 bits per heavy atom. The van der Waals surface area contributed by atoms with E-state index in [0.717, 1.165) is 0 Å². The lowest BCUT2D eigenvalue weighted by molar-refractivity contribution is -0.148. The molecule has 19 heavy (non-hydrogen) atoms. The third-order valence-electron chi connectivity index (χ3n) is 2.18. The van der Waals surface area contributed by atoms with Crippen molar-refractivity contribution in [1.29, 1.82) is 0 Å². The summed E-state index contributed by atoms with van der Waals surface area (Å²) in [4.78, 5) is 23.0. The van der Waals surface area contributed by atoms with E-state index in [1.807, 2.05) is 0 Å². The average Bonchev–Trinajstić information content (AvgIpc) is 2.37. The second kappa shape index (κ2) is 6.80. The number of methoxy groups -OCH3 is 1. The van der Waals surface area contributed by atoms with Crippen molar-refractivity contribution in [1.82, 2.24) is 0 Å². The molecule has 1 aromatic rings. The van der Waals surface area contributed by atoms with Gasteiger partial charge in [0.2, 0.25) is 6.10 Å². The Hall–Kier alpha value is -2.01. The predicted molar refractivity (Wildman–Crippen MR) is 72.2 cm³/mol. The number of amides is 1. The van der Waals surface area contributed by atoms with Gasteiger partial charge in [-0.15, -0.1) is 0 Å². The maximum Gasteiger partial charge on any atom is 0.412 e. The van der Waals surface area contributed by atoms with E-state index in [0.29, 0.717) is 16.3 Å². The van der Waals surface area contributed by atoms with Crippen molar-refractivity contribution in [2.75, 3.05) is 12.4 Å². The summed E-state index contributed by atoms with van der Waals surface area (Å²) in [5, 5.41) is 3.01. The molecule has 0 aromatic heterocycles. The molecule has 0 aliphatic carbocycles. The molecule has 0 aliphatic heterocycles. The Labute approximate surface area is 116 Å². The molecule has 1 unspecified atom stereocenters. The van der Waals surface area contributed by atoms with Gasteiger partial charge in [-0.1, -0.05) is 18.2 Å². The van der Waals surface area contributed by atoms with Crippen LogP contribution >= 0.6 is 11.6 Å². The molecule has 0 aliphatic rings. The van der Waals surface area contributed by atoms with E-state index in [4.69, 9.17) is 16.3 Å². The van der Waals surface area contributed by atoms with E-state index in [-0.39, 0.29) is 0 Å². The van der Waals surface area contributed by atoms with Crippen molar-refractivity contribution in [3.63, 3.8) is 0 Å². The fraction of sp³-hybridized carbons (Fsp3) is 0.231. The maximum absolute atomic E-state index is 11.6. The lowest BCUT2D eigenvalue weighted by Crippen LogP contribution is -2.31. The fourth-order valence-corrected chi connectivity index (χ4v) is 1.37. The van der Waals surface area contributed by atoms with Crippen LogP contribution in [0.1, 0.15) is 6.92 Å². The van der Waals surface area contributed by atoms with Crippen LogP contribution in [0.2, 0.25) is 5.02 Å². The van der Waals surface area contributed by atoms with Crippen LogP contribution in [0.4, 0.5) is 10.5 Å². The van der Waals surface area contributed by atoms with Gasteiger partial charge in [0.25, 0.3) is 0 Å². The SMILES string of the molecule is C=C(C)C(OC(=O)Nc1ccc(Cl)cc1)C(=O)OC. The van der Waals surface area contributed by atoms with Crippen LogP contribution in [-0.2, 0) is 14.3 Å². The highest BCUT2D eigenvalue weighted by molar-refractivity contribution is 6.30. The molecule has 1 N–H and O–H groups in total. The number of halogens is 1. The number of benzene rings is 1. The van der Waals surface area contributed by atoms with Gasteiger partial charge in [-0.25, -0.2) is 9.59 Å². The molecular formula is C13H14ClNO4. The van der Waals surface area contributed by atoms with Gasteiger partial charge < -0.3 is 9.47 Å². The Kier molecular flexibility index (Phi) is 5.38.